The monoisotopic (exact) mass is 327 g/mol. The molecule has 1 fully saturated rings. The van der Waals surface area contributed by atoms with Crippen molar-refractivity contribution in [2.24, 2.45) is 0 Å². The molecule has 7 heteroatoms. The number of aliphatic carboxylic acids is 1. The minimum atomic E-state index is -0.955. The number of amides is 1. The van der Waals surface area contributed by atoms with Gasteiger partial charge in [0.05, 0.1) is 12.5 Å². The van der Waals surface area contributed by atoms with Gasteiger partial charge in [-0.2, -0.15) is 0 Å². The molecule has 1 aromatic carbocycles. The average molecular weight is 327 g/mol. The Morgan fingerprint density at radius 1 is 1.50 bits per heavy atom. The number of hydrogen-bond donors (Lipinski definition) is 1. The van der Waals surface area contributed by atoms with E-state index in [1.165, 1.54) is 34.9 Å². The van der Waals surface area contributed by atoms with Crippen LogP contribution in [-0.2, 0) is 9.53 Å². The predicted octanol–water partition coefficient (Wildman–Crippen LogP) is 2.25. The van der Waals surface area contributed by atoms with E-state index in [2.05, 4.69) is 0 Å². The summed E-state index contributed by atoms with van der Waals surface area (Å²) in [5.74, 6) is -1.62. The van der Waals surface area contributed by atoms with Gasteiger partial charge in [-0.1, -0.05) is 0 Å². The van der Waals surface area contributed by atoms with Gasteiger partial charge < -0.3 is 14.7 Å². The predicted molar refractivity (Wildman–Crippen MR) is 80.7 cm³/mol. The second kappa shape index (κ2) is 7.11. The summed E-state index contributed by atoms with van der Waals surface area (Å²) in [5.41, 5.74) is 0.359. The quantitative estimate of drug-likeness (QED) is 0.840. The molecule has 0 bridgehead atoms. The second-order valence-corrected chi connectivity index (χ2v) is 6.00. The number of hydrogen-bond acceptors (Lipinski definition) is 4. The maximum Gasteiger partial charge on any atom is 0.305 e. The van der Waals surface area contributed by atoms with Gasteiger partial charge in [0, 0.05) is 30.2 Å². The lowest BCUT2D eigenvalue weighted by atomic mass is 10.1. The first-order chi connectivity index (χ1) is 10.5. The van der Waals surface area contributed by atoms with Crippen molar-refractivity contribution in [2.75, 3.05) is 19.9 Å². The van der Waals surface area contributed by atoms with Gasteiger partial charge in [-0.05, 0) is 30.9 Å². The van der Waals surface area contributed by atoms with Crippen LogP contribution in [0.2, 0.25) is 0 Å². The Morgan fingerprint density at radius 3 is 2.82 bits per heavy atom. The number of nitrogens with zero attached hydrogens (tertiary/aromatic N) is 1. The Labute approximate surface area is 132 Å². The molecule has 1 aromatic rings. The molecule has 0 radical (unpaired) electrons. The largest absolute Gasteiger partial charge is 0.481 e. The van der Waals surface area contributed by atoms with Crippen LogP contribution in [0.25, 0.3) is 0 Å². The highest BCUT2D eigenvalue weighted by Crippen LogP contribution is 2.27. The number of carboxylic acids is 1. The zero-order valence-corrected chi connectivity index (χ0v) is 13.2. The summed E-state index contributed by atoms with van der Waals surface area (Å²) >= 11 is 1.22. The molecule has 5 nitrogen and oxygen atoms in total. The molecule has 1 aliphatic heterocycles. The van der Waals surface area contributed by atoms with Crippen LogP contribution in [0, 0.1) is 5.82 Å². The number of benzene rings is 1. The highest BCUT2D eigenvalue weighted by molar-refractivity contribution is 7.98. The standard InChI is InChI=1S/C15H18FNO4S/c1-21-11-6-10(7-14(18)19)17(8-11)15(20)9-3-4-12(16)13(5-9)22-2/h3-5,10-11H,6-8H2,1-2H3,(H,18,19). The number of carboxylic acid groups (broad SMARTS) is 1. The Balaban J connectivity index is 2.24. The lowest BCUT2D eigenvalue weighted by Crippen LogP contribution is -2.37. The fraction of sp³-hybridized carbons (Fsp3) is 0.467. The minimum Gasteiger partial charge on any atom is -0.481 e. The van der Waals surface area contributed by atoms with E-state index in [0.717, 1.165) is 0 Å². The van der Waals surface area contributed by atoms with Crippen molar-refractivity contribution in [2.45, 2.75) is 29.9 Å². The summed E-state index contributed by atoms with van der Waals surface area (Å²) in [6.07, 6.45) is 1.93. The molecule has 0 saturated carbocycles. The third kappa shape index (κ3) is 3.59. The molecule has 0 aromatic heterocycles. The maximum absolute atomic E-state index is 13.5. The summed E-state index contributed by atoms with van der Waals surface area (Å²) in [7, 11) is 1.54. The van der Waals surface area contributed by atoms with E-state index in [9.17, 15) is 14.0 Å². The maximum atomic E-state index is 13.5. The van der Waals surface area contributed by atoms with Crippen LogP contribution in [-0.4, -0.2) is 53.9 Å². The molecule has 2 atom stereocenters. The molecular weight excluding hydrogens is 309 g/mol. The first-order valence-electron chi connectivity index (χ1n) is 6.85. The van der Waals surface area contributed by atoms with Gasteiger partial charge in [0.15, 0.2) is 0 Å². The van der Waals surface area contributed by atoms with E-state index >= 15 is 0 Å². The Morgan fingerprint density at radius 2 is 2.23 bits per heavy atom. The Bertz CT molecular complexity index is 581. The molecule has 22 heavy (non-hydrogen) atoms. The van der Waals surface area contributed by atoms with Crippen LogP contribution in [0.1, 0.15) is 23.2 Å². The molecular formula is C15H18FNO4S. The fourth-order valence-corrected chi connectivity index (χ4v) is 3.15. The van der Waals surface area contributed by atoms with Crippen LogP contribution in [0.3, 0.4) is 0 Å². The van der Waals surface area contributed by atoms with Crippen LogP contribution in [0.5, 0.6) is 0 Å². The van der Waals surface area contributed by atoms with Gasteiger partial charge in [-0.25, -0.2) is 4.39 Å². The third-order valence-corrected chi connectivity index (χ3v) is 4.53. The summed E-state index contributed by atoms with van der Waals surface area (Å²) in [6.45, 7) is 0.346. The summed E-state index contributed by atoms with van der Waals surface area (Å²) in [6, 6.07) is 3.78. The van der Waals surface area contributed by atoms with Gasteiger partial charge >= 0.3 is 5.97 Å². The molecule has 0 aliphatic carbocycles. The van der Waals surface area contributed by atoms with Crippen molar-refractivity contribution in [3.63, 3.8) is 0 Å². The number of ether oxygens (including phenoxy) is 1. The Kier molecular flexibility index (Phi) is 5.42. The van der Waals surface area contributed by atoms with Crippen LogP contribution in [0.15, 0.2) is 23.1 Å². The van der Waals surface area contributed by atoms with Gasteiger partial charge in [0.25, 0.3) is 5.91 Å². The topological polar surface area (TPSA) is 66.8 Å². The van der Waals surface area contributed by atoms with Crippen molar-refractivity contribution in [3.05, 3.63) is 29.6 Å². The van der Waals surface area contributed by atoms with Gasteiger partial charge in [-0.15, -0.1) is 11.8 Å². The molecule has 1 aliphatic rings. The lowest BCUT2D eigenvalue weighted by molar-refractivity contribution is -0.137. The first kappa shape index (κ1) is 16.8. The van der Waals surface area contributed by atoms with Gasteiger partial charge in [-0.3, -0.25) is 9.59 Å². The summed E-state index contributed by atoms with van der Waals surface area (Å²) in [5, 5.41) is 8.99. The normalized spacial score (nSPS) is 21.1. The van der Waals surface area contributed by atoms with Crippen LogP contribution >= 0.6 is 11.8 Å². The van der Waals surface area contributed by atoms with Crippen LogP contribution < -0.4 is 0 Å². The number of methoxy groups -OCH3 is 1. The zero-order chi connectivity index (χ0) is 16.3. The number of rotatable bonds is 5. The number of carbonyl (C=O) groups excluding carboxylic acids is 1. The molecule has 2 unspecified atom stereocenters. The third-order valence-electron chi connectivity index (χ3n) is 3.78. The number of carbonyl (C=O) groups is 2. The zero-order valence-electron chi connectivity index (χ0n) is 12.4. The second-order valence-electron chi connectivity index (χ2n) is 5.15. The van der Waals surface area contributed by atoms with Gasteiger partial charge in [0.1, 0.15) is 5.82 Å². The van der Waals surface area contributed by atoms with Crippen molar-refractivity contribution in [1.29, 1.82) is 0 Å². The summed E-state index contributed by atoms with van der Waals surface area (Å²) in [4.78, 5) is 25.5. The lowest BCUT2D eigenvalue weighted by Gasteiger charge is -2.23. The molecule has 1 saturated heterocycles. The average Bonchev–Trinajstić information content (AvgIpc) is 2.89. The minimum absolute atomic E-state index is 0.123. The van der Waals surface area contributed by atoms with Crippen LogP contribution in [0.4, 0.5) is 4.39 Å². The van der Waals surface area contributed by atoms with Crippen molar-refractivity contribution < 1.29 is 23.8 Å². The first-order valence-corrected chi connectivity index (χ1v) is 8.07. The molecule has 120 valence electrons. The summed E-state index contributed by atoms with van der Waals surface area (Å²) < 4.78 is 18.8. The number of halogens is 1. The molecule has 1 heterocycles. The van der Waals surface area contributed by atoms with E-state index in [4.69, 9.17) is 9.84 Å². The smallest absolute Gasteiger partial charge is 0.305 e. The van der Waals surface area contributed by atoms with Crippen molar-refractivity contribution >= 4 is 23.6 Å². The highest BCUT2D eigenvalue weighted by Gasteiger charge is 2.37. The Hall–Kier alpha value is -1.60. The molecule has 0 spiro atoms. The van der Waals surface area contributed by atoms with Crippen molar-refractivity contribution in [3.8, 4) is 0 Å². The van der Waals surface area contributed by atoms with E-state index in [1.807, 2.05) is 0 Å². The highest BCUT2D eigenvalue weighted by atomic mass is 32.2. The molecule has 1 N–H and O–H groups in total. The molecule has 2 rings (SSSR count). The van der Waals surface area contributed by atoms with Crippen molar-refractivity contribution in [1.82, 2.24) is 4.90 Å². The molecule has 1 amide bonds. The van der Waals surface area contributed by atoms with E-state index in [0.29, 0.717) is 23.4 Å². The van der Waals surface area contributed by atoms with E-state index in [-0.39, 0.29) is 24.2 Å². The van der Waals surface area contributed by atoms with E-state index < -0.39 is 12.0 Å². The van der Waals surface area contributed by atoms with E-state index in [1.54, 1.807) is 13.4 Å². The number of likely N-dealkylation sites (tertiary alicyclic amines) is 1. The fourth-order valence-electron chi connectivity index (χ4n) is 2.65. The number of thioether (sulfide) groups is 1. The van der Waals surface area contributed by atoms with Gasteiger partial charge in [0.2, 0.25) is 0 Å². The SMILES string of the molecule is COC1CC(CC(=O)O)N(C(=O)c2ccc(F)c(SC)c2)C1.